The molecule has 0 saturated heterocycles. The van der Waals surface area contributed by atoms with Gasteiger partial charge in [-0.15, -0.1) is 11.6 Å². The smallest absolute Gasteiger partial charge is 0.131 e. The third-order valence-electron chi connectivity index (χ3n) is 2.59. The van der Waals surface area contributed by atoms with Crippen molar-refractivity contribution in [2.24, 2.45) is 0 Å². The Kier molecular flexibility index (Phi) is 5.10. The van der Waals surface area contributed by atoms with Crippen LogP contribution in [0, 0.1) is 0 Å². The molecule has 0 aliphatic rings. The number of benzene rings is 2. The Morgan fingerprint density at radius 3 is 2.37 bits per heavy atom. The van der Waals surface area contributed by atoms with Gasteiger partial charge in [0.2, 0.25) is 0 Å². The summed E-state index contributed by atoms with van der Waals surface area (Å²) >= 11 is 5.75. The monoisotopic (exact) mass is 276 g/mol. The molecule has 0 saturated carbocycles. The zero-order valence-corrected chi connectivity index (χ0v) is 11.7. The third kappa shape index (κ3) is 4.18. The first kappa shape index (κ1) is 13.8. The Morgan fingerprint density at radius 1 is 0.947 bits per heavy atom. The Labute approximate surface area is 118 Å². The second-order valence-corrected chi connectivity index (χ2v) is 4.47. The molecule has 0 atom stereocenters. The summed E-state index contributed by atoms with van der Waals surface area (Å²) < 4.78 is 11.3. The van der Waals surface area contributed by atoms with Crippen molar-refractivity contribution in [3.63, 3.8) is 0 Å². The van der Waals surface area contributed by atoms with E-state index in [0.717, 1.165) is 29.2 Å². The zero-order valence-electron chi connectivity index (χ0n) is 10.9. The molecule has 3 heteroatoms. The van der Waals surface area contributed by atoms with Gasteiger partial charge in [-0.1, -0.05) is 25.1 Å². The van der Waals surface area contributed by atoms with E-state index in [1.165, 1.54) is 0 Å². The van der Waals surface area contributed by atoms with Gasteiger partial charge in [0.1, 0.15) is 17.2 Å². The molecule has 0 N–H and O–H groups in total. The van der Waals surface area contributed by atoms with Crippen LogP contribution in [0.15, 0.2) is 48.5 Å². The van der Waals surface area contributed by atoms with Crippen LogP contribution in [0.3, 0.4) is 0 Å². The molecule has 0 amide bonds. The average Bonchev–Trinajstić information content (AvgIpc) is 2.46. The molecule has 0 aliphatic carbocycles. The fourth-order valence-electron chi connectivity index (χ4n) is 1.63. The molecule has 2 aromatic carbocycles. The quantitative estimate of drug-likeness (QED) is 0.691. The first-order chi connectivity index (χ1) is 9.31. The fraction of sp³-hybridized carbons (Fsp3) is 0.250. The van der Waals surface area contributed by atoms with Crippen LogP contribution in [0.2, 0.25) is 0 Å². The number of halogens is 1. The van der Waals surface area contributed by atoms with E-state index in [-0.39, 0.29) is 0 Å². The van der Waals surface area contributed by atoms with E-state index in [1.54, 1.807) is 0 Å². The van der Waals surface area contributed by atoms with E-state index in [2.05, 4.69) is 6.92 Å². The van der Waals surface area contributed by atoms with E-state index < -0.39 is 0 Å². The maximum Gasteiger partial charge on any atom is 0.131 e. The van der Waals surface area contributed by atoms with Crippen molar-refractivity contribution in [1.82, 2.24) is 0 Å². The van der Waals surface area contributed by atoms with Crippen LogP contribution < -0.4 is 9.47 Å². The minimum atomic E-state index is 0.515. The van der Waals surface area contributed by atoms with Crippen molar-refractivity contribution in [2.75, 3.05) is 6.61 Å². The van der Waals surface area contributed by atoms with Crippen molar-refractivity contribution in [3.8, 4) is 17.2 Å². The molecule has 0 unspecified atom stereocenters. The van der Waals surface area contributed by atoms with Gasteiger partial charge in [-0.2, -0.15) is 0 Å². The van der Waals surface area contributed by atoms with Gasteiger partial charge in [-0.05, 0) is 36.2 Å². The van der Waals surface area contributed by atoms with E-state index in [4.69, 9.17) is 21.1 Å². The molecule has 0 fully saturated rings. The Bertz CT molecular complexity index is 508. The Morgan fingerprint density at radius 2 is 1.68 bits per heavy atom. The molecule has 0 aliphatic heterocycles. The van der Waals surface area contributed by atoms with E-state index in [0.29, 0.717) is 12.5 Å². The van der Waals surface area contributed by atoms with Crippen LogP contribution in [0.5, 0.6) is 17.2 Å². The summed E-state index contributed by atoms with van der Waals surface area (Å²) in [5, 5.41) is 0. The third-order valence-corrected chi connectivity index (χ3v) is 2.90. The lowest BCUT2D eigenvalue weighted by Crippen LogP contribution is -1.95. The largest absolute Gasteiger partial charge is 0.493 e. The maximum absolute atomic E-state index is 5.78. The SMILES string of the molecule is CCCOc1cccc(Oc2ccc(CCl)cc2)c1. The summed E-state index contributed by atoms with van der Waals surface area (Å²) in [6.07, 6.45) is 0.991. The van der Waals surface area contributed by atoms with Crippen molar-refractivity contribution in [1.29, 1.82) is 0 Å². The molecule has 0 spiro atoms. The van der Waals surface area contributed by atoms with Crippen molar-refractivity contribution in [2.45, 2.75) is 19.2 Å². The van der Waals surface area contributed by atoms with Gasteiger partial charge < -0.3 is 9.47 Å². The van der Waals surface area contributed by atoms with Gasteiger partial charge in [0.25, 0.3) is 0 Å². The molecule has 2 rings (SSSR count). The standard InChI is InChI=1S/C16H17ClO2/c1-2-10-18-15-4-3-5-16(11-15)19-14-8-6-13(12-17)7-9-14/h3-9,11H,2,10,12H2,1H3. The van der Waals surface area contributed by atoms with Crippen LogP contribution in [-0.4, -0.2) is 6.61 Å². The topological polar surface area (TPSA) is 18.5 Å². The lowest BCUT2D eigenvalue weighted by atomic mass is 10.2. The van der Waals surface area contributed by atoms with Gasteiger partial charge in [-0.3, -0.25) is 0 Å². The predicted octanol–water partition coefficient (Wildman–Crippen LogP) is 5.01. The minimum absolute atomic E-state index is 0.515. The molecular formula is C16H17ClO2. The number of hydrogen-bond acceptors (Lipinski definition) is 2. The number of rotatable bonds is 6. The van der Waals surface area contributed by atoms with Gasteiger partial charge in [0.05, 0.1) is 6.61 Å². The summed E-state index contributed by atoms with van der Waals surface area (Å²) in [5.41, 5.74) is 1.08. The molecule has 0 aromatic heterocycles. The molecular weight excluding hydrogens is 260 g/mol. The van der Waals surface area contributed by atoms with Crippen LogP contribution in [0.1, 0.15) is 18.9 Å². The fourth-order valence-corrected chi connectivity index (χ4v) is 1.81. The first-order valence-corrected chi connectivity index (χ1v) is 6.91. The molecule has 2 aromatic rings. The predicted molar refractivity (Wildman–Crippen MR) is 78.3 cm³/mol. The summed E-state index contributed by atoms with van der Waals surface area (Å²) in [6, 6.07) is 15.4. The molecule has 2 nitrogen and oxygen atoms in total. The second-order valence-electron chi connectivity index (χ2n) is 4.20. The van der Waals surface area contributed by atoms with Crippen LogP contribution in [-0.2, 0) is 5.88 Å². The molecule has 0 radical (unpaired) electrons. The van der Waals surface area contributed by atoms with Gasteiger partial charge in [0, 0.05) is 11.9 Å². The Balaban J connectivity index is 2.05. The zero-order chi connectivity index (χ0) is 13.5. The van der Waals surface area contributed by atoms with E-state index in [9.17, 15) is 0 Å². The first-order valence-electron chi connectivity index (χ1n) is 6.37. The van der Waals surface area contributed by atoms with Gasteiger partial charge >= 0.3 is 0 Å². The van der Waals surface area contributed by atoms with Gasteiger partial charge in [0.15, 0.2) is 0 Å². The molecule has 0 heterocycles. The summed E-state index contributed by atoms with van der Waals surface area (Å²) in [7, 11) is 0. The highest BCUT2D eigenvalue weighted by atomic mass is 35.5. The lowest BCUT2D eigenvalue weighted by Gasteiger charge is -2.09. The van der Waals surface area contributed by atoms with Crippen LogP contribution in [0.25, 0.3) is 0 Å². The lowest BCUT2D eigenvalue weighted by molar-refractivity contribution is 0.316. The highest BCUT2D eigenvalue weighted by Crippen LogP contribution is 2.25. The van der Waals surface area contributed by atoms with E-state index in [1.807, 2.05) is 48.5 Å². The number of alkyl halides is 1. The highest BCUT2D eigenvalue weighted by molar-refractivity contribution is 6.17. The maximum atomic E-state index is 5.78. The molecule has 0 bridgehead atoms. The molecule has 100 valence electrons. The van der Waals surface area contributed by atoms with Crippen LogP contribution >= 0.6 is 11.6 Å². The summed E-state index contributed by atoms with van der Waals surface area (Å²) in [6.45, 7) is 2.80. The number of hydrogen-bond donors (Lipinski definition) is 0. The van der Waals surface area contributed by atoms with Crippen molar-refractivity contribution < 1.29 is 9.47 Å². The van der Waals surface area contributed by atoms with Gasteiger partial charge in [-0.25, -0.2) is 0 Å². The average molecular weight is 277 g/mol. The second kappa shape index (κ2) is 7.05. The molecule has 19 heavy (non-hydrogen) atoms. The highest BCUT2D eigenvalue weighted by Gasteiger charge is 2.00. The summed E-state index contributed by atoms with van der Waals surface area (Å²) in [4.78, 5) is 0. The van der Waals surface area contributed by atoms with Crippen molar-refractivity contribution in [3.05, 3.63) is 54.1 Å². The number of ether oxygens (including phenoxy) is 2. The van der Waals surface area contributed by atoms with Crippen molar-refractivity contribution >= 4 is 11.6 Å². The van der Waals surface area contributed by atoms with E-state index >= 15 is 0 Å². The minimum Gasteiger partial charge on any atom is -0.493 e. The normalized spacial score (nSPS) is 10.2. The Hall–Kier alpha value is -1.67. The van der Waals surface area contributed by atoms with Crippen LogP contribution in [0.4, 0.5) is 0 Å². The summed E-state index contributed by atoms with van der Waals surface area (Å²) in [5.74, 6) is 2.91.